The molecule has 3 nitrogen and oxygen atoms in total. The lowest BCUT2D eigenvalue weighted by Gasteiger charge is -2.41. The van der Waals surface area contributed by atoms with Gasteiger partial charge < -0.3 is 14.8 Å². The molecule has 0 aromatic heterocycles. The first-order valence-corrected chi connectivity index (χ1v) is 8.07. The van der Waals surface area contributed by atoms with Gasteiger partial charge in [0.1, 0.15) is 17.1 Å². The predicted octanol–water partition coefficient (Wildman–Crippen LogP) is 4.08. The van der Waals surface area contributed by atoms with Crippen LogP contribution in [0.3, 0.4) is 0 Å². The van der Waals surface area contributed by atoms with Crippen molar-refractivity contribution in [1.29, 1.82) is 0 Å². The van der Waals surface area contributed by atoms with Crippen LogP contribution in [0.4, 0.5) is 0 Å². The second kappa shape index (κ2) is 5.20. The van der Waals surface area contributed by atoms with Crippen LogP contribution in [0.15, 0.2) is 18.2 Å². The Bertz CT molecular complexity index is 526. The molecule has 1 spiro atoms. The molecule has 2 aliphatic rings. The zero-order valence-corrected chi connectivity index (χ0v) is 13.7. The second-order valence-corrected chi connectivity index (χ2v) is 7.34. The number of methoxy groups -OCH3 is 1. The van der Waals surface area contributed by atoms with Gasteiger partial charge in [-0.05, 0) is 49.4 Å². The first kappa shape index (κ1) is 14.7. The molecular weight excluding hydrogens is 262 g/mol. The van der Waals surface area contributed by atoms with Gasteiger partial charge >= 0.3 is 0 Å². The van der Waals surface area contributed by atoms with Crippen molar-refractivity contribution in [3.8, 4) is 11.5 Å². The van der Waals surface area contributed by atoms with Crippen molar-refractivity contribution in [3.63, 3.8) is 0 Å². The summed E-state index contributed by atoms with van der Waals surface area (Å²) >= 11 is 0. The van der Waals surface area contributed by atoms with Gasteiger partial charge in [0.2, 0.25) is 0 Å². The van der Waals surface area contributed by atoms with Crippen molar-refractivity contribution >= 4 is 0 Å². The maximum absolute atomic E-state index is 6.50. The van der Waals surface area contributed by atoms with Crippen LogP contribution in [0.1, 0.15) is 58.1 Å². The topological polar surface area (TPSA) is 30.5 Å². The third-order valence-electron chi connectivity index (χ3n) is 5.00. The molecule has 2 unspecified atom stereocenters. The van der Waals surface area contributed by atoms with Crippen LogP contribution < -0.4 is 14.8 Å². The first-order valence-electron chi connectivity index (χ1n) is 8.07. The lowest BCUT2D eigenvalue weighted by atomic mass is 9.82. The zero-order chi connectivity index (χ0) is 15.1. The fraction of sp³-hybridized carbons (Fsp3) is 0.667. The summed E-state index contributed by atoms with van der Waals surface area (Å²) in [5.74, 6) is 1.94. The van der Waals surface area contributed by atoms with Crippen molar-refractivity contribution in [1.82, 2.24) is 5.32 Å². The maximum atomic E-state index is 6.50. The highest BCUT2D eigenvalue weighted by Crippen LogP contribution is 2.53. The van der Waals surface area contributed by atoms with Crippen molar-refractivity contribution in [3.05, 3.63) is 23.8 Å². The van der Waals surface area contributed by atoms with Crippen molar-refractivity contribution in [2.24, 2.45) is 5.41 Å². The Morgan fingerprint density at radius 1 is 1.33 bits per heavy atom. The van der Waals surface area contributed by atoms with E-state index in [0.717, 1.165) is 37.3 Å². The molecule has 1 fully saturated rings. The average molecular weight is 289 g/mol. The van der Waals surface area contributed by atoms with Crippen LogP contribution in [-0.4, -0.2) is 19.3 Å². The summed E-state index contributed by atoms with van der Waals surface area (Å²) in [5.41, 5.74) is 1.64. The minimum atomic E-state index is 0.0118. The lowest BCUT2D eigenvalue weighted by Crippen LogP contribution is -2.42. The number of nitrogens with one attached hydrogen (secondary N) is 1. The summed E-state index contributed by atoms with van der Waals surface area (Å²) in [6.07, 6.45) is 4.61. The largest absolute Gasteiger partial charge is 0.497 e. The van der Waals surface area contributed by atoms with Crippen molar-refractivity contribution in [2.45, 2.75) is 58.1 Å². The van der Waals surface area contributed by atoms with E-state index in [-0.39, 0.29) is 5.60 Å². The molecule has 0 bridgehead atoms. The molecule has 21 heavy (non-hydrogen) atoms. The summed E-state index contributed by atoms with van der Waals surface area (Å²) < 4.78 is 11.9. The molecule has 116 valence electrons. The van der Waals surface area contributed by atoms with Gasteiger partial charge in [0.05, 0.1) is 7.11 Å². The first-order chi connectivity index (χ1) is 9.97. The number of hydrogen-bond donors (Lipinski definition) is 1. The third-order valence-corrected chi connectivity index (χ3v) is 5.00. The summed E-state index contributed by atoms with van der Waals surface area (Å²) in [5, 5.41) is 3.63. The SMILES string of the molecule is CCNC1CC2(CCC(C)(C)C2)Oc2ccc(OC)cc21. The van der Waals surface area contributed by atoms with E-state index < -0.39 is 0 Å². The fourth-order valence-corrected chi connectivity index (χ4v) is 4.08. The molecule has 3 heteroatoms. The predicted molar refractivity (Wildman–Crippen MR) is 85.0 cm³/mol. The molecule has 1 heterocycles. The van der Waals surface area contributed by atoms with E-state index in [1.165, 1.54) is 12.0 Å². The van der Waals surface area contributed by atoms with Crippen LogP contribution in [0, 0.1) is 5.41 Å². The second-order valence-electron chi connectivity index (χ2n) is 7.34. The Kier molecular flexibility index (Phi) is 3.64. The Morgan fingerprint density at radius 3 is 2.76 bits per heavy atom. The van der Waals surface area contributed by atoms with Crippen LogP contribution in [0.2, 0.25) is 0 Å². The number of benzene rings is 1. The Morgan fingerprint density at radius 2 is 2.14 bits per heavy atom. The highest BCUT2D eigenvalue weighted by atomic mass is 16.5. The monoisotopic (exact) mass is 289 g/mol. The smallest absolute Gasteiger partial charge is 0.125 e. The van der Waals surface area contributed by atoms with E-state index in [1.54, 1.807) is 7.11 Å². The van der Waals surface area contributed by atoms with Crippen molar-refractivity contribution in [2.75, 3.05) is 13.7 Å². The molecule has 1 N–H and O–H groups in total. The Balaban J connectivity index is 1.95. The summed E-state index contributed by atoms with van der Waals surface area (Å²) in [6, 6.07) is 6.56. The highest BCUT2D eigenvalue weighted by Gasteiger charge is 2.49. The number of fused-ring (bicyclic) bond motifs is 1. The fourth-order valence-electron chi connectivity index (χ4n) is 4.08. The zero-order valence-electron chi connectivity index (χ0n) is 13.7. The molecule has 1 aliphatic carbocycles. The summed E-state index contributed by atoms with van der Waals surface area (Å²) in [4.78, 5) is 0. The quantitative estimate of drug-likeness (QED) is 0.909. The van der Waals surface area contributed by atoms with Gasteiger partial charge in [0.25, 0.3) is 0 Å². The minimum absolute atomic E-state index is 0.0118. The van der Waals surface area contributed by atoms with E-state index in [4.69, 9.17) is 9.47 Å². The van der Waals surface area contributed by atoms with Gasteiger partial charge in [-0.25, -0.2) is 0 Å². The summed E-state index contributed by atoms with van der Waals surface area (Å²) in [6.45, 7) is 7.86. The summed E-state index contributed by atoms with van der Waals surface area (Å²) in [7, 11) is 1.72. The Labute approximate surface area is 128 Å². The number of rotatable bonds is 3. The normalized spacial score (nSPS) is 30.0. The van der Waals surface area contributed by atoms with Gasteiger partial charge in [0.15, 0.2) is 0 Å². The standard InChI is InChI=1S/C18H27NO2/c1-5-19-15-11-18(9-8-17(2,3)12-18)21-16-7-6-13(20-4)10-14(15)16/h6-7,10,15,19H,5,8-9,11-12H2,1-4H3. The highest BCUT2D eigenvalue weighted by molar-refractivity contribution is 5.44. The van der Waals surface area contributed by atoms with Gasteiger partial charge in [-0.15, -0.1) is 0 Å². The Hall–Kier alpha value is -1.22. The van der Waals surface area contributed by atoms with Gasteiger partial charge in [0, 0.05) is 18.0 Å². The van der Waals surface area contributed by atoms with Gasteiger partial charge in [-0.2, -0.15) is 0 Å². The molecule has 1 aliphatic heterocycles. The molecule has 1 aromatic carbocycles. The maximum Gasteiger partial charge on any atom is 0.125 e. The minimum Gasteiger partial charge on any atom is -0.497 e. The van der Waals surface area contributed by atoms with Gasteiger partial charge in [-0.3, -0.25) is 0 Å². The van der Waals surface area contributed by atoms with E-state index in [1.807, 2.05) is 6.07 Å². The number of ether oxygens (including phenoxy) is 2. The molecule has 0 amide bonds. The lowest BCUT2D eigenvalue weighted by molar-refractivity contribution is 0.0278. The van der Waals surface area contributed by atoms with Crippen LogP contribution in [0.5, 0.6) is 11.5 Å². The van der Waals surface area contributed by atoms with Crippen LogP contribution in [0.25, 0.3) is 0 Å². The molecule has 3 rings (SSSR count). The van der Waals surface area contributed by atoms with E-state index in [9.17, 15) is 0 Å². The van der Waals surface area contributed by atoms with E-state index in [2.05, 4.69) is 38.2 Å². The molecule has 2 atom stereocenters. The molecule has 1 aromatic rings. The molecular formula is C18H27NO2. The van der Waals surface area contributed by atoms with Crippen molar-refractivity contribution < 1.29 is 9.47 Å². The molecule has 0 radical (unpaired) electrons. The third kappa shape index (κ3) is 2.76. The van der Waals surface area contributed by atoms with E-state index >= 15 is 0 Å². The molecule has 0 saturated heterocycles. The van der Waals surface area contributed by atoms with Gasteiger partial charge in [-0.1, -0.05) is 20.8 Å². The number of hydrogen-bond acceptors (Lipinski definition) is 3. The average Bonchev–Trinajstić information content (AvgIpc) is 2.73. The van der Waals surface area contributed by atoms with Crippen LogP contribution >= 0.6 is 0 Å². The molecule has 1 saturated carbocycles. The van der Waals surface area contributed by atoms with Crippen LogP contribution in [-0.2, 0) is 0 Å². The van der Waals surface area contributed by atoms with E-state index in [0.29, 0.717) is 11.5 Å².